The van der Waals surface area contributed by atoms with Crippen LogP contribution >= 0.6 is 0 Å². The van der Waals surface area contributed by atoms with Gasteiger partial charge in [0.25, 0.3) is 0 Å². The van der Waals surface area contributed by atoms with Gasteiger partial charge < -0.3 is 10.3 Å². The highest BCUT2D eigenvalue weighted by molar-refractivity contribution is 5.86. The number of rotatable bonds is 6. The second kappa shape index (κ2) is 7.73. The molecule has 1 heterocycles. The van der Waals surface area contributed by atoms with Gasteiger partial charge in [-0.1, -0.05) is 78.4 Å². The lowest BCUT2D eigenvalue weighted by Gasteiger charge is -2.16. The molecule has 0 aliphatic carbocycles. The number of primary amides is 1. The van der Waals surface area contributed by atoms with Gasteiger partial charge in [-0.2, -0.15) is 0 Å². The molecule has 0 bridgehead atoms. The van der Waals surface area contributed by atoms with Gasteiger partial charge in [0.15, 0.2) is 0 Å². The Hall–Kier alpha value is -3.33. The fourth-order valence-corrected chi connectivity index (χ4v) is 3.87. The summed E-state index contributed by atoms with van der Waals surface area (Å²) in [5.74, 6) is -0.342. The molecule has 0 saturated carbocycles. The van der Waals surface area contributed by atoms with E-state index in [0.717, 1.165) is 17.7 Å². The van der Waals surface area contributed by atoms with Gasteiger partial charge in [0.05, 0.1) is 0 Å². The van der Waals surface area contributed by atoms with Gasteiger partial charge in [0.2, 0.25) is 5.91 Å². The summed E-state index contributed by atoms with van der Waals surface area (Å²) >= 11 is 0. The minimum atomic E-state index is -0.287. The average molecular weight is 368 g/mol. The number of fused-ring (bicyclic) bond motifs is 1. The summed E-state index contributed by atoms with van der Waals surface area (Å²) in [7, 11) is 0. The van der Waals surface area contributed by atoms with Crippen LogP contribution in [0.3, 0.4) is 0 Å². The molecule has 140 valence electrons. The van der Waals surface area contributed by atoms with Crippen molar-refractivity contribution >= 4 is 16.8 Å². The number of carbonyl (C=O) groups is 1. The number of benzene rings is 3. The van der Waals surface area contributed by atoms with Gasteiger partial charge in [0, 0.05) is 36.0 Å². The van der Waals surface area contributed by atoms with E-state index in [-0.39, 0.29) is 11.8 Å². The quantitative estimate of drug-likeness (QED) is 0.511. The molecule has 1 unspecified atom stereocenters. The van der Waals surface area contributed by atoms with E-state index < -0.39 is 0 Å². The Balaban J connectivity index is 1.83. The number of aryl methyl sites for hydroxylation is 1. The molecule has 3 heteroatoms. The summed E-state index contributed by atoms with van der Waals surface area (Å²) in [6, 6.07) is 27.2. The smallest absolute Gasteiger partial charge is 0.218 e. The maximum atomic E-state index is 11.9. The van der Waals surface area contributed by atoms with Gasteiger partial charge in [-0.3, -0.25) is 4.79 Å². The molecule has 0 aliphatic rings. The van der Waals surface area contributed by atoms with E-state index in [0.29, 0.717) is 6.42 Å². The molecule has 0 aliphatic heterocycles. The van der Waals surface area contributed by atoms with Gasteiger partial charge >= 0.3 is 0 Å². The van der Waals surface area contributed by atoms with Crippen LogP contribution in [0.15, 0.2) is 85.1 Å². The minimum absolute atomic E-state index is 0.0555. The maximum Gasteiger partial charge on any atom is 0.218 e. The summed E-state index contributed by atoms with van der Waals surface area (Å²) in [5.41, 5.74) is 11.5. The number of hydrogen-bond donors (Lipinski definition) is 1. The van der Waals surface area contributed by atoms with Crippen molar-refractivity contribution in [2.24, 2.45) is 5.73 Å². The van der Waals surface area contributed by atoms with Crippen LogP contribution in [0.4, 0.5) is 0 Å². The summed E-state index contributed by atoms with van der Waals surface area (Å²) in [6.07, 6.45) is 2.48. The lowest BCUT2D eigenvalue weighted by atomic mass is 9.87. The highest BCUT2D eigenvalue weighted by atomic mass is 16.1. The molecular weight excluding hydrogens is 344 g/mol. The number of amides is 1. The Morgan fingerprint density at radius 3 is 2.32 bits per heavy atom. The third-order valence-corrected chi connectivity index (χ3v) is 5.28. The zero-order valence-electron chi connectivity index (χ0n) is 16.0. The summed E-state index contributed by atoms with van der Waals surface area (Å²) in [6.45, 7) is 2.86. The fraction of sp³-hybridized carbons (Fsp3) is 0.160. The first kappa shape index (κ1) is 18.1. The monoisotopic (exact) mass is 368 g/mol. The Morgan fingerprint density at radius 2 is 1.61 bits per heavy atom. The highest BCUT2D eigenvalue weighted by Gasteiger charge is 2.21. The summed E-state index contributed by atoms with van der Waals surface area (Å²) in [4.78, 5) is 11.9. The maximum absolute atomic E-state index is 11.9. The molecule has 1 aromatic heterocycles. The van der Waals surface area contributed by atoms with Crippen LogP contribution in [-0.2, 0) is 11.3 Å². The third kappa shape index (κ3) is 3.70. The number of nitrogens with two attached hydrogens (primary N) is 1. The Kier molecular flexibility index (Phi) is 4.98. The second-order valence-electron chi connectivity index (χ2n) is 7.35. The molecule has 3 nitrogen and oxygen atoms in total. The van der Waals surface area contributed by atoms with E-state index in [4.69, 9.17) is 5.73 Å². The predicted octanol–water partition coefficient (Wildman–Crippen LogP) is 5.01. The third-order valence-electron chi connectivity index (χ3n) is 5.28. The molecule has 3 aromatic carbocycles. The summed E-state index contributed by atoms with van der Waals surface area (Å²) in [5, 5.41) is 1.17. The lowest BCUT2D eigenvalue weighted by Crippen LogP contribution is -2.16. The van der Waals surface area contributed by atoms with E-state index in [2.05, 4.69) is 90.5 Å². The standard InChI is InChI=1S/C25H24N2O/c1-18-11-13-20(14-12-18)22(15-25(26)28)23-17-27(16-19-7-3-2-4-8-19)24-10-6-5-9-21(23)24/h2-14,17,22H,15-16H2,1H3,(H2,26,28). The molecule has 0 saturated heterocycles. The van der Waals surface area contributed by atoms with Crippen molar-refractivity contribution in [1.82, 2.24) is 4.57 Å². The Bertz CT molecular complexity index is 1090. The highest BCUT2D eigenvalue weighted by Crippen LogP contribution is 2.35. The molecule has 4 rings (SSSR count). The van der Waals surface area contributed by atoms with Crippen LogP contribution in [0.5, 0.6) is 0 Å². The first-order valence-electron chi connectivity index (χ1n) is 9.58. The van der Waals surface area contributed by atoms with Gasteiger partial charge in [-0.15, -0.1) is 0 Å². The van der Waals surface area contributed by atoms with Crippen molar-refractivity contribution in [3.8, 4) is 0 Å². The topological polar surface area (TPSA) is 48.0 Å². The van der Waals surface area contributed by atoms with Crippen molar-refractivity contribution in [2.75, 3.05) is 0 Å². The zero-order chi connectivity index (χ0) is 19.5. The van der Waals surface area contributed by atoms with E-state index in [1.807, 2.05) is 6.07 Å². The van der Waals surface area contributed by atoms with Crippen LogP contribution in [-0.4, -0.2) is 10.5 Å². The molecule has 1 atom stereocenters. The molecule has 1 amide bonds. The number of hydrogen-bond acceptors (Lipinski definition) is 1. The van der Waals surface area contributed by atoms with E-state index in [1.165, 1.54) is 22.0 Å². The number of para-hydroxylation sites is 1. The Morgan fingerprint density at radius 1 is 0.929 bits per heavy atom. The van der Waals surface area contributed by atoms with E-state index >= 15 is 0 Å². The van der Waals surface area contributed by atoms with Gasteiger partial charge in [0.1, 0.15) is 0 Å². The van der Waals surface area contributed by atoms with Crippen LogP contribution in [0.25, 0.3) is 10.9 Å². The first-order chi connectivity index (χ1) is 13.6. The van der Waals surface area contributed by atoms with E-state index in [9.17, 15) is 4.79 Å². The molecule has 0 radical (unpaired) electrons. The van der Waals surface area contributed by atoms with E-state index in [1.54, 1.807) is 0 Å². The van der Waals surface area contributed by atoms with Gasteiger partial charge in [-0.05, 0) is 29.7 Å². The molecule has 28 heavy (non-hydrogen) atoms. The Labute approximate surface area is 165 Å². The molecule has 0 spiro atoms. The molecule has 2 N–H and O–H groups in total. The molecular formula is C25H24N2O. The van der Waals surface area contributed by atoms with Crippen molar-refractivity contribution in [2.45, 2.75) is 25.8 Å². The average Bonchev–Trinajstić information content (AvgIpc) is 3.06. The normalized spacial score (nSPS) is 12.2. The van der Waals surface area contributed by atoms with Crippen LogP contribution in [0.2, 0.25) is 0 Å². The SMILES string of the molecule is Cc1ccc(C(CC(N)=O)c2cn(Cc3ccccc3)c3ccccc23)cc1. The predicted molar refractivity (Wildman–Crippen MR) is 114 cm³/mol. The van der Waals surface area contributed by atoms with Crippen molar-refractivity contribution < 1.29 is 4.79 Å². The van der Waals surface area contributed by atoms with Crippen molar-refractivity contribution in [3.63, 3.8) is 0 Å². The fourth-order valence-electron chi connectivity index (χ4n) is 3.87. The molecule has 4 aromatic rings. The number of aromatic nitrogens is 1. The summed E-state index contributed by atoms with van der Waals surface area (Å²) < 4.78 is 2.27. The molecule has 0 fully saturated rings. The number of nitrogens with zero attached hydrogens (tertiary/aromatic N) is 1. The largest absolute Gasteiger partial charge is 0.370 e. The van der Waals surface area contributed by atoms with Crippen molar-refractivity contribution in [3.05, 3.63) is 107 Å². The lowest BCUT2D eigenvalue weighted by molar-refractivity contribution is -0.118. The second-order valence-corrected chi connectivity index (χ2v) is 7.35. The van der Waals surface area contributed by atoms with Crippen LogP contribution < -0.4 is 5.73 Å². The van der Waals surface area contributed by atoms with Gasteiger partial charge in [-0.25, -0.2) is 0 Å². The van der Waals surface area contributed by atoms with Crippen LogP contribution in [0.1, 0.15) is 34.6 Å². The first-order valence-corrected chi connectivity index (χ1v) is 9.58. The van der Waals surface area contributed by atoms with Crippen LogP contribution in [0, 0.1) is 6.92 Å². The van der Waals surface area contributed by atoms with Crippen molar-refractivity contribution in [1.29, 1.82) is 0 Å². The zero-order valence-corrected chi connectivity index (χ0v) is 16.0. The number of carbonyl (C=O) groups excluding carboxylic acids is 1. The minimum Gasteiger partial charge on any atom is -0.370 e.